The van der Waals surface area contributed by atoms with Crippen LogP contribution in [0.4, 0.5) is 13.2 Å². The molecule has 1 unspecified atom stereocenters. The van der Waals surface area contributed by atoms with Crippen molar-refractivity contribution in [1.29, 1.82) is 0 Å². The molecular formula is C34H49Cl2F3N4O4Si. The molecule has 0 N–H and O–H groups in total. The molecule has 0 bridgehead atoms. The van der Waals surface area contributed by atoms with Crippen LogP contribution in [0.5, 0.6) is 0 Å². The third kappa shape index (κ3) is 8.76. The van der Waals surface area contributed by atoms with E-state index in [0.29, 0.717) is 31.2 Å². The van der Waals surface area contributed by atoms with Crippen LogP contribution in [0.2, 0.25) is 28.2 Å². The number of pyridine rings is 1. The first-order chi connectivity index (χ1) is 22.6. The van der Waals surface area contributed by atoms with Crippen molar-refractivity contribution in [2.24, 2.45) is 17.3 Å². The highest BCUT2D eigenvalue weighted by Gasteiger charge is 2.45. The van der Waals surface area contributed by atoms with Gasteiger partial charge in [0.2, 0.25) is 0 Å². The lowest BCUT2D eigenvalue weighted by atomic mass is 9.64. The molecule has 0 aliphatic heterocycles. The van der Waals surface area contributed by atoms with Crippen molar-refractivity contribution in [3.8, 4) is 0 Å². The molecule has 14 heteroatoms. The van der Waals surface area contributed by atoms with Crippen LogP contribution in [0.3, 0.4) is 0 Å². The van der Waals surface area contributed by atoms with Crippen LogP contribution in [0.1, 0.15) is 114 Å². The summed E-state index contributed by atoms with van der Waals surface area (Å²) in [5, 5.41) is 4.73. The van der Waals surface area contributed by atoms with Crippen molar-refractivity contribution in [1.82, 2.24) is 19.7 Å². The number of carbonyl (C=O) groups is 2. The second kappa shape index (κ2) is 15.8. The van der Waals surface area contributed by atoms with Crippen molar-refractivity contribution in [3.63, 3.8) is 0 Å². The molecule has 2 heterocycles. The summed E-state index contributed by atoms with van der Waals surface area (Å²) in [4.78, 5) is 32.3. The van der Waals surface area contributed by atoms with Gasteiger partial charge in [0.25, 0.3) is 5.91 Å². The molecule has 1 amide bonds. The Hall–Kier alpha value is -2.15. The predicted molar refractivity (Wildman–Crippen MR) is 183 cm³/mol. The van der Waals surface area contributed by atoms with E-state index in [1.54, 1.807) is 6.92 Å². The van der Waals surface area contributed by atoms with Gasteiger partial charge in [-0.3, -0.25) is 19.3 Å². The smallest absolute Gasteiger partial charge is 0.433 e. The average Bonchev–Trinajstić information content (AvgIpc) is 3.48. The molecular weight excluding hydrogens is 684 g/mol. The molecule has 2 aromatic rings. The minimum atomic E-state index is -4.84. The zero-order valence-corrected chi connectivity index (χ0v) is 31.4. The molecule has 0 radical (unpaired) electrons. The Kier molecular flexibility index (Phi) is 12.7. The number of halogens is 5. The molecule has 0 saturated heterocycles. The van der Waals surface area contributed by atoms with Crippen LogP contribution in [0.25, 0.3) is 0 Å². The molecule has 8 nitrogen and oxygen atoms in total. The van der Waals surface area contributed by atoms with Gasteiger partial charge in [-0.25, -0.2) is 0 Å². The molecule has 2 aromatic heterocycles. The topological polar surface area (TPSA) is 86.6 Å². The summed E-state index contributed by atoms with van der Waals surface area (Å²) >= 11 is 13.3. The maximum atomic E-state index is 14.9. The second-order valence-electron chi connectivity index (χ2n) is 14.1. The SMILES string of the molecule is CCOC(=O)[C@H]1CC[C@H](n2ncc(C(=O)N(CC3CC(C)(C)C3)CC(O[Si](CC)(CC)CC)c3c(Cl)cncc3Cl)c2C(F)(F)F)CC1. The lowest BCUT2D eigenvalue weighted by Crippen LogP contribution is -2.46. The normalized spacial score (nSPS) is 20.6. The fourth-order valence-electron chi connectivity index (χ4n) is 7.67. The van der Waals surface area contributed by atoms with Crippen molar-refractivity contribution in [3.05, 3.63) is 45.5 Å². The number of aromatic nitrogens is 3. The van der Waals surface area contributed by atoms with E-state index in [2.05, 4.69) is 44.7 Å². The second-order valence-corrected chi connectivity index (χ2v) is 19.7. The average molecular weight is 734 g/mol. The molecule has 1 atom stereocenters. The zero-order chi connectivity index (χ0) is 35.4. The van der Waals surface area contributed by atoms with E-state index in [-0.39, 0.29) is 53.0 Å². The van der Waals surface area contributed by atoms with Gasteiger partial charge in [-0.15, -0.1) is 0 Å². The number of rotatable bonds is 14. The number of hydrogen-bond acceptors (Lipinski definition) is 6. The molecule has 2 aliphatic rings. The van der Waals surface area contributed by atoms with E-state index in [1.165, 1.54) is 17.3 Å². The number of ether oxygens (including phenoxy) is 1. The molecule has 2 fully saturated rings. The van der Waals surface area contributed by atoms with Crippen LogP contribution >= 0.6 is 23.2 Å². The van der Waals surface area contributed by atoms with E-state index in [9.17, 15) is 22.8 Å². The molecule has 0 spiro atoms. The number of hydrogen-bond donors (Lipinski definition) is 0. The zero-order valence-electron chi connectivity index (χ0n) is 28.8. The summed E-state index contributed by atoms with van der Waals surface area (Å²) in [5.41, 5.74) is -0.990. The Bertz CT molecular complexity index is 1390. The quantitative estimate of drug-likeness (QED) is 0.142. The van der Waals surface area contributed by atoms with Crippen LogP contribution in [-0.4, -0.2) is 59.6 Å². The molecule has 2 aliphatic carbocycles. The molecule has 268 valence electrons. The van der Waals surface area contributed by atoms with Gasteiger partial charge in [-0.1, -0.05) is 57.8 Å². The first kappa shape index (κ1) is 38.6. The summed E-state index contributed by atoms with van der Waals surface area (Å²) in [5.74, 6) is -1.33. The third-order valence-electron chi connectivity index (χ3n) is 10.3. The van der Waals surface area contributed by atoms with Gasteiger partial charge in [-0.05, 0) is 74.9 Å². The van der Waals surface area contributed by atoms with E-state index in [1.807, 2.05) is 0 Å². The van der Waals surface area contributed by atoms with Crippen molar-refractivity contribution < 1.29 is 31.9 Å². The van der Waals surface area contributed by atoms with E-state index < -0.39 is 43.8 Å². The standard InChI is InChI=1S/C34H49Cl2F3N4O4Si/c1-7-46-32(45)23-11-13-24(14-12-23)43-30(34(37,38)39)25(17-41-43)31(44)42(20-22-15-33(5,6)16-22)21-28(47-48(8-2,9-3)10-4)29-26(35)18-40-19-27(29)36/h17-19,22-24,28H,7-16,20-21H2,1-6H3/t23-,24-,28?. The first-order valence-electron chi connectivity index (χ1n) is 17.2. The summed E-state index contributed by atoms with van der Waals surface area (Å²) in [7, 11) is -2.33. The number of esters is 1. The van der Waals surface area contributed by atoms with Gasteiger partial charge in [0.05, 0.1) is 53.0 Å². The third-order valence-corrected chi connectivity index (χ3v) is 15.6. The lowest BCUT2D eigenvalue weighted by molar-refractivity contribution is -0.151. The van der Waals surface area contributed by atoms with Crippen molar-refractivity contribution in [2.75, 3.05) is 19.7 Å². The Balaban J connectivity index is 1.72. The van der Waals surface area contributed by atoms with Gasteiger partial charge in [0.15, 0.2) is 14.0 Å². The van der Waals surface area contributed by atoms with Crippen LogP contribution in [0.15, 0.2) is 18.6 Å². The van der Waals surface area contributed by atoms with E-state index in [0.717, 1.165) is 41.9 Å². The maximum Gasteiger partial charge on any atom is 0.433 e. The summed E-state index contributed by atoms with van der Waals surface area (Å²) in [6, 6.07) is 1.83. The van der Waals surface area contributed by atoms with E-state index >= 15 is 0 Å². The monoisotopic (exact) mass is 732 g/mol. The van der Waals surface area contributed by atoms with Crippen LogP contribution < -0.4 is 0 Å². The maximum absolute atomic E-state index is 14.9. The van der Waals surface area contributed by atoms with Crippen LogP contribution in [-0.2, 0) is 20.1 Å². The number of nitrogens with zero attached hydrogens (tertiary/aromatic N) is 4. The Labute approximate surface area is 293 Å². The minimum absolute atomic E-state index is 0.0267. The predicted octanol–water partition coefficient (Wildman–Crippen LogP) is 9.54. The Morgan fingerprint density at radius 1 is 1.02 bits per heavy atom. The highest BCUT2D eigenvalue weighted by molar-refractivity contribution is 6.73. The highest BCUT2D eigenvalue weighted by atomic mass is 35.5. The lowest BCUT2D eigenvalue weighted by Gasteiger charge is -2.45. The minimum Gasteiger partial charge on any atom is -0.466 e. The number of carbonyl (C=O) groups excluding carboxylic acids is 2. The summed E-state index contributed by atoms with van der Waals surface area (Å²) < 4.78 is 57.7. The highest BCUT2D eigenvalue weighted by Crippen LogP contribution is 2.46. The Morgan fingerprint density at radius 2 is 1.60 bits per heavy atom. The Morgan fingerprint density at radius 3 is 2.10 bits per heavy atom. The first-order valence-corrected chi connectivity index (χ1v) is 20.4. The molecule has 48 heavy (non-hydrogen) atoms. The fourth-order valence-corrected chi connectivity index (χ4v) is 11.1. The van der Waals surface area contributed by atoms with Gasteiger partial charge >= 0.3 is 12.1 Å². The molecule has 0 aromatic carbocycles. The van der Waals surface area contributed by atoms with Gasteiger partial charge in [0.1, 0.15) is 0 Å². The van der Waals surface area contributed by atoms with E-state index in [4.69, 9.17) is 32.4 Å². The van der Waals surface area contributed by atoms with Crippen LogP contribution in [0, 0.1) is 17.3 Å². The van der Waals surface area contributed by atoms with Gasteiger partial charge in [-0.2, -0.15) is 18.3 Å². The number of alkyl halides is 3. The fraction of sp³-hybridized carbons (Fsp3) is 0.706. The number of amides is 1. The molecule has 4 rings (SSSR count). The molecule has 2 saturated carbocycles. The van der Waals surface area contributed by atoms with Crippen molar-refractivity contribution in [2.45, 2.75) is 117 Å². The van der Waals surface area contributed by atoms with Gasteiger partial charge in [0, 0.05) is 24.5 Å². The largest absolute Gasteiger partial charge is 0.466 e. The summed E-state index contributed by atoms with van der Waals surface area (Å²) in [6.07, 6.45) is 1.46. The summed E-state index contributed by atoms with van der Waals surface area (Å²) in [6.45, 7) is 12.7. The van der Waals surface area contributed by atoms with Crippen molar-refractivity contribution >= 4 is 43.4 Å². The van der Waals surface area contributed by atoms with Gasteiger partial charge < -0.3 is 14.1 Å².